The lowest BCUT2D eigenvalue weighted by atomic mass is 10.0. The van der Waals surface area contributed by atoms with Gasteiger partial charge in [0.15, 0.2) is 0 Å². The number of thioether (sulfide) groups is 1. The fraction of sp³-hybridized carbons (Fsp3) is 0.538. The smallest absolute Gasteiger partial charge is 0.352 e. The molecule has 8 nitrogen and oxygen atoms in total. The van der Waals surface area contributed by atoms with Crippen molar-refractivity contribution in [2.45, 2.75) is 37.6 Å². The largest absolute Gasteiger partial charge is 0.481 e. The second-order valence-electron chi connectivity index (χ2n) is 5.14. The Morgan fingerprint density at radius 1 is 1.32 bits per heavy atom. The van der Waals surface area contributed by atoms with E-state index in [2.05, 4.69) is 5.32 Å². The molecular weight excluding hydrogens is 312 g/mol. The minimum atomic E-state index is -1.15. The highest BCUT2D eigenvalue weighted by Gasteiger charge is 2.53. The Kier molecular flexibility index (Phi) is 4.74. The topological polar surface area (TPSA) is 124 Å². The van der Waals surface area contributed by atoms with Crippen molar-refractivity contribution in [1.82, 2.24) is 10.2 Å². The van der Waals surface area contributed by atoms with E-state index in [9.17, 15) is 24.3 Å². The zero-order valence-electron chi connectivity index (χ0n) is 11.9. The number of hydrogen-bond donors (Lipinski definition) is 3. The first kappa shape index (κ1) is 16.3. The second-order valence-corrected chi connectivity index (χ2v) is 6.24. The van der Waals surface area contributed by atoms with Crippen molar-refractivity contribution in [3.63, 3.8) is 0 Å². The number of carbonyl (C=O) groups is 4. The maximum atomic E-state index is 12.1. The normalized spacial score (nSPS) is 23.7. The molecule has 0 aliphatic carbocycles. The molecular formula is C13H16N2O6S. The molecule has 0 aromatic heterocycles. The molecule has 0 aromatic carbocycles. The molecule has 0 spiro atoms. The Morgan fingerprint density at radius 2 is 2.00 bits per heavy atom. The van der Waals surface area contributed by atoms with Crippen LogP contribution in [0.15, 0.2) is 11.3 Å². The molecule has 0 unspecified atom stereocenters. The minimum absolute atomic E-state index is 0.00914. The maximum Gasteiger partial charge on any atom is 0.352 e. The number of carboxylic acid groups (broad SMARTS) is 2. The third-order valence-electron chi connectivity index (χ3n) is 3.47. The van der Waals surface area contributed by atoms with Gasteiger partial charge in [0.1, 0.15) is 17.1 Å². The Bertz CT molecular complexity index is 573. The third-order valence-corrected chi connectivity index (χ3v) is 4.90. The van der Waals surface area contributed by atoms with Gasteiger partial charge in [0.2, 0.25) is 5.91 Å². The van der Waals surface area contributed by atoms with Crippen molar-refractivity contribution in [3.8, 4) is 0 Å². The standard InChI is InChI=1S/C13H16N2O6S/c1-6-5-22-12-9(11(19)15(12)10(6)13(20)21)14-7(16)3-2-4-8(17)18/h9,12H,2-5H2,1H3,(H,14,16)(H,17,18)(H,20,21)/t9-,12-/m0/s1. The number of aliphatic carboxylic acids is 2. The SMILES string of the molecule is CC1=C(C(=O)O)N2C(=O)[C@H](NC(=O)CCCC(=O)O)[C@@H]2SC1. The maximum absolute atomic E-state index is 12.1. The molecule has 2 rings (SSSR count). The van der Waals surface area contributed by atoms with Crippen LogP contribution in [0.4, 0.5) is 0 Å². The molecule has 0 saturated carbocycles. The number of nitrogens with zero attached hydrogens (tertiary/aromatic N) is 1. The highest BCUT2D eigenvalue weighted by Crippen LogP contribution is 2.40. The van der Waals surface area contributed by atoms with E-state index in [1.807, 2.05) is 0 Å². The molecule has 2 atom stereocenters. The summed E-state index contributed by atoms with van der Waals surface area (Å²) >= 11 is 1.40. The lowest BCUT2D eigenvalue weighted by Gasteiger charge is -2.49. The van der Waals surface area contributed by atoms with Crippen LogP contribution in [0.1, 0.15) is 26.2 Å². The summed E-state index contributed by atoms with van der Waals surface area (Å²) in [4.78, 5) is 46.6. The highest BCUT2D eigenvalue weighted by atomic mass is 32.2. The summed E-state index contributed by atoms with van der Waals surface area (Å²) < 4.78 is 0. The summed E-state index contributed by atoms with van der Waals surface area (Å²) in [5, 5.41) is 19.8. The predicted molar refractivity (Wildman–Crippen MR) is 76.8 cm³/mol. The summed E-state index contributed by atoms with van der Waals surface area (Å²) in [6, 6.07) is -0.746. The van der Waals surface area contributed by atoms with Gasteiger partial charge in [-0.2, -0.15) is 0 Å². The van der Waals surface area contributed by atoms with E-state index in [-0.39, 0.29) is 25.0 Å². The quantitative estimate of drug-likeness (QED) is 0.586. The Morgan fingerprint density at radius 3 is 2.59 bits per heavy atom. The van der Waals surface area contributed by atoms with Crippen LogP contribution in [0, 0.1) is 0 Å². The number of carboxylic acids is 2. The number of hydrogen-bond acceptors (Lipinski definition) is 5. The van der Waals surface area contributed by atoms with E-state index in [0.29, 0.717) is 11.3 Å². The van der Waals surface area contributed by atoms with Gasteiger partial charge in [0.05, 0.1) is 0 Å². The number of nitrogens with one attached hydrogen (secondary N) is 1. The summed E-state index contributed by atoms with van der Waals surface area (Å²) in [7, 11) is 0. The number of fused-ring (bicyclic) bond motifs is 1. The van der Waals surface area contributed by atoms with Gasteiger partial charge in [-0.1, -0.05) is 0 Å². The predicted octanol–water partition coefficient (Wildman–Crippen LogP) is -0.000200. The van der Waals surface area contributed by atoms with Gasteiger partial charge < -0.3 is 15.5 Å². The minimum Gasteiger partial charge on any atom is -0.481 e. The molecule has 1 fully saturated rings. The first-order valence-corrected chi connectivity index (χ1v) is 7.76. The van der Waals surface area contributed by atoms with E-state index in [0.717, 1.165) is 0 Å². The number of rotatable bonds is 6. The Hall–Kier alpha value is -2.03. The molecule has 0 aromatic rings. The molecule has 3 N–H and O–H groups in total. The number of β-lactam (4-membered cyclic amide) rings is 1. The first-order valence-electron chi connectivity index (χ1n) is 6.71. The van der Waals surface area contributed by atoms with Crippen molar-refractivity contribution in [1.29, 1.82) is 0 Å². The molecule has 1 saturated heterocycles. The summed E-state index contributed by atoms with van der Waals surface area (Å²) in [5.41, 5.74) is 0.610. The average Bonchev–Trinajstić information content (AvgIpc) is 2.43. The molecule has 120 valence electrons. The van der Waals surface area contributed by atoms with Crippen molar-refractivity contribution in [2.75, 3.05) is 5.75 Å². The van der Waals surface area contributed by atoms with Gasteiger partial charge in [-0.15, -0.1) is 11.8 Å². The van der Waals surface area contributed by atoms with Crippen LogP contribution in [0.25, 0.3) is 0 Å². The molecule has 2 aliphatic heterocycles. The average molecular weight is 328 g/mol. The fourth-order valence-corrected chi connectivity index (χ4v) is 3.71. The first-order chi connectivity index (χ1) is 10.3. The van der Waals surface area contributed by atoms with E-state index < -0.39 is 35.2 Å². The molecule has 0 radical (unpaired) electrons. The molecule has 2 amide bonds. The Balaban J connectivity index is 1.94. The number of carbonyl (C=O) groups excluding carboxylic acids is 2. The van der Waals surface area contributed by atoms with E-state index in [4.69, 9.17) is 5.11 Å². The van der Waals surface area contributed by atoms with Crippen molar-refractivity contribution < 1.29 is 29.4 Å². The second kappa shape index (κ2) is 6.39. The van der Waals surface area contributed by atoms with Gasteiger partial charge in [0.25, 0.3) is 5.91 Å². The monoisotopic (exact) mass is 328 g/mol. The molecule has 2 aliphatic rings. The molecule has 9 heteroatoms. The van der Waals surface area contributed by atoms with E-state index >= 15 is 0 Å². The van der Waals surface area contributed by atoms with Crippen LogP contribution in [0.2, 0.25) is 0 Å². The van der Waals surface area contributed by atoms with Crippen LogP contribution in [-0.2, 0) is 19.2 Å². The van der Waals surface area contributed by atoms with Crippen LogP contribution < -0.4 is 5.32 Å². The number of amides is 2. The zero-order valence-corrected chi connectivity index (χ0v) is 12.7. The van der Waals surface area contributed by atoms with Crippen LogP contribution in [0.5, 0.6) is 0 Å². The van der Waals surface area contributed by atoms with Crippen LogP contribution in [0.3, 0.4) is 0 Å². The van der Waals surface area contributed by atoms with Crippen molar-refractivity contribution >= 4 is 35.5 Å². The van der Waals surface area contributed by atoms with E-state index in [1.54, 1.807) is 6.92 Å². The highest BCUT2D eigenvalue weighted by molar-refractivity contribution is 8.00. The summed E-state index contributed by atoms with van der Waals surface area (Å²) in [5.74, 6) is -2.49. The third kappa shape index (κ3) is 3.08. The van der Waals surface area contributed by atoms with Gasteiger partial charge in [-0.3, -0.25) is 19.3 Å². The Labute approximate surface area is 130 Å². The summed E-state index contributed by atoms with van der Waals surface area (Å²) in [6.45, 7) is 1.66. The fourth-order valence-electron chi connectivity index (χ4n) is 2.42. The van der Waals surface area contributed by atoms with Crippen LogP contribution >= 0.6 is 11.8 Å². The molecule has 2 heterocycles. The van der Waals surface area contributed by atoms with E-state index in [1.165, 1.54) is 16.7 Å². The van der Waals surface area contributed by atoms with Crippen molar-refractivity contribution in [2.24, 2.45) is 0 Å². The molecule has 22 heavy (non-hydrogen) atoms. The summed E-state index contributed by atoms with van der Waals surface area (Å²) in [6.07, 6.45) is 0.110. The van der Waals surface area contributed by atoms with Gasteiger partial charge in [0, 0.05) is 18.6 Å². The molecule has 0 bridgehead atoms. The lowest BCUT2D eigenvalue weighted by molar-refractivity contribution is -0.150. The van der Waals surface area contributed by atoms with Gasteiger partial charge in [-0.05, 0) is 18.9 Å². The van der Waals surface area contributed by atoms with Gasteiger partial charge >= 0.3 is 11.9 Å². The van der Waals surface area contributed by atoms with Crippen molar-refractivity contribution in [3.05, 3.63) is 11.3 Å². The zero-order chi connectivity index (χ0) is 16.4. The van der Waals surface area contributed by atoms with Crippen LogP contribution in [-0.4, -0.2) is 56.0 Å². The van der Waals surface area contributed by atoms with Gasteiger partial charge in [-0.25, -0.2) is 4.79 Å². The lowest BCUT2D eigenvalue weighted by Crippen LogP contribution is -2.70.